The fourth-order valence-electron chi connectivity index (χ4n) is 1.75. The molecule has 0 unspecified atom stereocenters. The maximum Gasteiger partial charge on any atom is 0.208 e. The topological polar surface area (TPSA) is 38.2 Å². The summed E-state index contributed by atoms with van der Waals surface area (Å²) in [6.45, 7) is 2.85. The Kier molecular flexibility index (Phi) is 3.93. The van der Waals surface area contributed by atoms with Crippen LogP contribution >= 0.6 is 27.3 Å². The van der Waals surface area contributed by atoms with Crippen LogP contribution in [0.1, 0.15) is 12.8 Å². The molecule has 0 aliphatic carbocycles. The minimum Gasteiger partial charge on any atom is -0.381 e. The van der Waals surface area contributed by atoms with Gasteiger partial charge in [0.15, 0.2) is 3.92 Å². The molecular formula is C9H14BrN3OS. The van der Waals surface area contributed by atoms with E-state index in [9.17, 15) is 0 Å². The minimum absolute atomic E-state index is 0.728. The summed E-state index contributed by atoms with van der Waals surface area (Å²) < 4.78 is 6.18. The van der Waals surface area contributed by atoms with Crippen molar-refractivity contribution < 1.29 is 4.74 Å². The molecule has 15 heavy (non-hydrogen) atoms. The van der Waals surface area contributed by atoms with Gasteiger partial charge in [-0.1, -0.05) is 11.3 Å². The molecule has 2 heterocycles. The molecule has 6 heteroatoms. The van der Waals surface area contributed by atoms with Gasteiger partial charge in [-0.2, -0.15) is 0 Å². The SMILES string of the molecule is CN(CC1CCOCC1)c1nnc(Br)s1. The highest BCUT2D eigenvalue weighted by Crippen LogP contribution is 2.25. The van der Waals surface area contributed by atoms with Gasteiger partial charge in [0.2, 0.25) is 5.13 Å². The molecule has 0 aromatic carbocycles. The molecule has 1 aromatic rings. The number of rotatable bonds is 3. The van der Waals surface area contributed by atoms with Gasteiger partial charge < -0.3 is 9.64 Å². The first-order chi connectivity index (χ1) is 7.25. The third-order valence-corrected chi connectivity index (χ3v) is 4.06. The molecule has 1 aromatic heterocycles. The normalized spacial score (nSPS) is 18.0. The standard InChI is InChI=1S/C9H14BrN3OS/c1-13(9-12-11-8(10)15-9)6-7-2-4-14-5-3-7/h7H,2-6H2,1H3. The molecule has 2 rings (SSSR count). The van der Waals surface area contributed by atoms with Crippen molar-refractivity contribution in [1.82, 2.24) is 10.2 Å². The average molecular weight is 292 g/mol. The lowest BCUT2D eigenvalue weighted by molar-refractivity contribution is 0.0685. The van der Waals surface area contributed by atoms with Crippen molar-refractivity contribution in [2.24, 2.45) is 5.92 Å². The summed E-state index contributed by atoms with van der Waals surface area (Å²) >= 11 is 4.90. The molecule has 84 valence electrons. The number of hydrogen-bond acceptors (Lipinski definition) is 5. The van der Waals surface area contributed by atoms with Crippen molar-refractivity contribution in [2.45, 2.75) is 12.8 Å². The van der Waals surface area contributed by atoms with Gasteiger partial charge >= 0.3 is 0 Å². The van der Waals surface area contributed by atoms with E-state index in [0.29, 0.717) is 0 Å². The van der Waals surface area contributed by atoms with Crippen molar-refractivity contribution in [1.29, 1.82) is 0 Å². The van der Waals surface area contributed by atoms with Crippen molar-refractivity contribution >= 4 is 32.4 Å². The van der Waals surface area contributed by atoms with Gasteiger partial charge in [0.1, 0.15) is 0 Å². The van der Waals surface area contributed by atoms with Crippen LogP contribution in [0, 0.1) is 5.92 Å². The lowest BCUT2D eigenvalue weighted by Gasteiger charge is -2.26. The highest BCUT2D eigenvalue weighted by Gasteiger charge is 2.17. The molecule has 0 spiro atoms. The van der Waals surface area contributed by atoms with Crippen LogP contribution < -0.4 is 4.90 Å². The maximum atomic E-state index is 5.34. The van der Waals surface area contributed by atoms with Crippen LogP contribution in [0.15, 0.2) is 3.92 Å². The Labute approximate surface area is 102 Å². The molecule has 0 bridgehead atoms. The van der Waals surface area contributed by atoms with Gasteiger partial charge in [-0.15, -0.1) is 10.2 Å². The zero-order valence-electron chi connectivity index (χ0n) is 8.65. The van der Waals surface area contributed by atoms with E-state index in [4.69, 9.17) is 4.74 Å². The smallest absolute Gasteiger partial charge is 0.208 e. The highest BCUT2D eigenvalue weighted by atomic mass is 79.9. The minimum atomic E-state index is 0.728. The number of aromatic nitrogens is 2. The fraction of sp³-hybridized carbons (Fsp3) is 0.778. The lowest BCUT2D eigenvalue weighted by Crippen LogP contribution is -2.29. The summed E-state index contributed by atoms with van der Waals surface area (Å²) in [4.78, 5) is 2.18. The molecule has 0 atom stereocenters. The molecule has 1 fully saturated rings. The second-order valence-corrected chi connectivity index (χ2v) is 6.01. The van der Waals surface area contributed by atoms with Gasteiger partial charge in [0.25, 0.3) is 0 Å². The zero-order chi connectivity index (χ0) is 10.7. The van der Waals surface area contributed by atoms with Crippen LogP contribution in [0.5, 0.6) is 0 Å². The number of anilines is 1. The molecule has 0 N–H and O–H groups in total. The molecule has 1 saturated heterocycles. The van der Waals surface area contributed by atoms with Crippen molar-refractivity contribution in [3.63, 3.8) is 0 Å². The Bertz CT molecular complexity index is 314. The van der Waals surface area contributed by atoms with Crippen LogP contribution in [0.3, 0.4) is 0 Å². The first-order valence-corrected chi connectivity index (χ1v) is 6.64. The van der Waals surface area contributed by atoms with E-state index >= 15 is 0 Å². The van der Waals surface area contributed by atoms with Crippen LogP contribution in [-0.4, -0.2) is 37.0 Å². The van der Waals surface area contributed by atoms with Crippen LogP contribution in [0.2, 0.25) is 0 Å². The van der Waals surface area contributed by atoms with E-state index in [-0.39, 0.29) is 0 Å². The first kappa shape index (κ1) is 11.3. The zero-order valence-corrected chi connectivity index (χ0v) is 11.1. The summed E-state index contributed by atoms with van der Waals surface area (Å²) in [5.41, 5.74) is 0. The third kappa shape index (κ3) is 3.12. The predicted octanol–water partition coefficient (Wildman–Crippen LogP) is 2.16. The Morgan fingerprint density at radius 2 is 2.20 bits per heavy atom. The quantitative estimate of drug-likeness (QED) is 0.855. The Morgan fingerprint density at radius 3 is 2.80 bits per heavy atom. The Hall–Kier alpha value is -0.200. The number of ether oxygens (including phenoxy) is 1. The lowest BCUT2D eigenvalue weighted by atomic mass is 10.0. The van der Waals surface area contributed by atoms with E-state index in [1.54, 1.807) is 11.3 Å². The van der Waals surface area contributed by atoms with E-state index in [2.05, 4.69) is 38.1 Å². The molecule has 0 radical (unpaired) electrons. The second-order valence-electron chi connectivity index (χ2n) is 3.77. The highest BCUT2D eigenvalue weighted by molar-refractivity contribution is 9.11. The monoisotopic (exact) mass is 291 g/mol. The summed E-state index contributed by atoms with van der Waals surface area (Å²) in [6.07, 6.45) is 2.31. The first-order valence-electron chi connectivity index (χ1n) is 5.03. The van der Waals surface area contributed by atoms with E-state index in [1.807, 2.05) is 0 Å². The molecular weight excluding hydrogens is 278 g/mol. The number of halogens is 1. The van der Waals surface area contributed by atoms with Gasteiger partial charge in [-0.25, -0.2) is 0 Å². The van der Waals surface area contributed by atoms with Gasteiger partial charge in [0.05, 0.1) is 0 Å². The van der Waals surface area contributed by atoms with E-state index in [0.717, 1.165) is 47.6 Å². The largest absolute Gasteiger partial charge is 0.381 e. The van der Waals surface area contributed by atoms with Gasteiger partial charge in [-0.3, -0.25) is 0 Å². The fourth-order valence-corrected chi connectivity index (χ4v) is 2.80. The predicted molar refractivity (Wildman–Crippen MR) is 64.4 cm³/mol. The number of nitrogens with zero attached hydrogens (tertiary/aromatic N) is 3. The van der Waals surface area contributed by atoms with Crippen LogP contribution in [-0.2, 0) is 4.74 Å². The molecule has 0 saturated carbocycles. The maximum absolute atomic E-state index is 5.34. The van der Waals surface area contributed by atoms with Crippen LogP contribution in [0.25, 0.3) is 0 Å². The van der Waals surface area contributed by atoms with Crippen molar-refractivity contribution in [2.75, 3.05) is 31.7 Å². The summed E-state index contributed by atoms with van der Waals surface area (Å²) in [6, 6.07) is 0. The molecule has 1 aliphatic rings. The van der Waals surface area contributed by atoms with Crippen LogP contribution in [0.4, 0.5) is 5.13 Å². The Morgan fingerprint density at radius 1 is 1.47 bits per heavy atom. The molecule has 0 amide bonds. The van der Waals surface area contributed by atoms with Crippen molar-refractivity contribution in [3.8, 4) is 0 Å². The third-order valence-electron chi connectivity index (χ3n) is 2.59. The molecule has 1 aliphatic heterocycles. The summed E-state index contributed by atoms with van der Waals surface area (Å²) in [7, 11) is 2.07. The van der Waals surface area contributed by atoms with Gasteiger partial charge in [0, 0.05) is 26.8 Å². The summed E-state index contributed by atoms with van der Waals surface area (Å²) in [5.74, 6) is 0.728. The van der Waals surface area contributed by atoms with Crippen molar-refractivity contribution in [3.05, 3.63) is 3.92 Å². The summed E-state index contributed by atoms with van der Waals surface area (Å²) in [5, 5.41) is 9.03. The average Bonchev–Trinajstić information content (AvgIpc) is 2.66. The number of hydrogen-bond donors (Lipinski definition) is 0. The van der Waals surface area contributed by atoms with E-state index < -0.39 is 0 Å². The van der Waals surface area contributed by atoms with Gasteiger partial charge in [-0.05, 0) is 34.7 Å². The Balaban J connectivity index is 1.88. The van der Waals surface area contributed by atoms with E-state index in [1.165, 1.54) is 0 Å². The second kappa shape index (κ2) is 5.23. The molecule has 4 nitrogen and oxygen atoms in total.